The summed E-state index contributed by atoms with van der Waals surface area (Å²) in [4.78, 5) is 0. The zero-order chi connectivity index (χ0) is 12.5. The van der Waals surface area contributed by atoms with E-state index in [0.717, 1.165) is 19.0 Å². The van der Waals surface area contributed by atoms with Gasteiger partial charge in [-0.2, -0.15) is 0 Å². The average molecular weight is 239 g/mol. The number of rotatable bonds is 2. The van der Waals surface area contributed by atoms with E-state index in [4.69, 9.17) is 4.74 Å². The van der Waals surface area contributed by atoms with Crippen molar-refractivity contribution in [2.45, 2.75) is 71.0 Å². The molecule has 1 N–H and O–H groups in total. The molecule has 1 heterocycles. The molecule has 2 aliphatic rings. The molecule has 0 radical (unpaired) electrons. The van der Waals surface area contributed by atoms with Crippen LogP contribution >= 0.6 is 0 Å². The topological polar surface area (TPSA) is 21.3 Å². The fourth-order valence-corrected chi connectivity index (χ4v) is 3.47. The first-order valence-electron chi connectivity index (χ1n) is 7.40. The quantitative estimate of drug-likeness (QED) is 0.798. The van der Waals surface area contributed by atoms with Crippen LogP contribution in [0.25, 0.3) is 0 Å². The summed E-state index contributed by atoms with van der Waals surface area (Å²) < 4.78 is 6.63. The Morgan fingerprint density at radius 2 is 2.12 bits per heavy atom. The monoisotopic (exact) mass is 239 g/mol. The third-order valence-corrected chi connectivity index (χ3v) is 5.08. The lowest BCUT2D eigenvalue weighted by Gasteiger charge is -2.52. The molecular weight excluding hydrogens is 210 g/mol. The molecule has 0 aromatic rings. The third-order valence-electron chi connectivity index (χ3n) is 5.08. The second kappa shape index (κ2) is 4.89. The minimum atomic E-state index is 0.0217. The van der Waals surface area contributed by atoms with E-state index in [1.165, 1.54) is 32.1 Å². The normalized spacial score (nSPS) is 43.2. The molecule has 1 saturated heterocycles. The summed E-state index contributed by atoms with van der Waals surface area (Å²) >= 11 is 0. The Balaban J connectivity index is 2.09. The van der Waals surface area contributed by atoms with Gasteiger partial charge in [0.15, 0.2) is 0 Å². The van der Waals surface area contributed by atoms with E-state index in [1.54, 1.807) is 0 Å². The molecular formula is C15H29NO. The van der Waals surface area contributed by atoms with Crippen molar-refractivity contribution in [3.8, 4) is 0 Å². The van der Waals surface area contributed by atoms with E-state index in [9.17, 15) is 0 Å². The zero-order valence-electron chi connectivity index (χ0n) is 12.0. The summed E-state index contributed by atoms with van der Waals surface area (Å²) in [5.41, 5.74) is 0.157. The minimum Gasteiger partial charge on any atom is -0.366 e. The van der Waals surface area contributed by atoms with E-state index in [2.05, 4.69) is 33.0 Å². The number of nitrogens with one attached hydrogen (secondary N) is 1. The number of hydrogen-bond acceptors (Lipinski definition) is 2. The van der Waals surface area contributed by atoms with Crippen molar-refractivity contribution < 1.29 is 4.74 Å². The third kappa shape index (κ3) is 2.68. The lowest BCUT2D eigenvalue weighted by Crippen LogP contribution is -2.62. The van der Waals surface area contributed by atoms with Crippen LogP contribution < -0.4 is 5.32 Å². The number of morpholine rings is 1. The molecule has 1 aliphatic carbocycles. The molecule has 2 nitrogen and oxygen atoms in total. The van der Waals surface area contributed by atoms with Crippen LogP contribution in [0.3, 0.4) is 0 Å². The Bertz CT molecular complexity index is 262. The summed E-state index contributed by atoms with van der Waals surface area (Å²) in [7, 11) is 0. The SMILES string of the molecule is CCC1CCCC2(CNCC(C)(C(C)C)O2)C1. The van der Waals surface area contributed by atoms with E-state index < -0.39 is 0 Å². The predicted octanol–water partition coefficient (Wildman–Crippen LogP) is 3.36. The first-order chi connectivity index (χ1) is 8.00. The predicted molar refractivity (Wildman–Crippen MR) is 72.2 cm³/mol. The summed E-state index contributed by atoms with van der Waals surface area (Å²) in [5, 5.41) is 3.64. The molecule has 1 saturated carbocycles. The molecule has 0 amide bonds. The Kier molecular flexibility index (Phi) is 3.84. The second-order valence-electron chi connectivity index (χ2n) is 6.73. The van der Waals surface area contributed by atoms with Crippen molar-refractivity contribution in [1.82, 2.24) is 5.32 Å². The van der Waals surface area contributed by atoms with Gasteiger partial charge in [-0.05, 0) is 31.6 Å². The maximum Gasteiger partial charge on any atom is 0.0817 e. The van der Waals surface area contributed by atoms with Crippen LogP contribution in [-0.4, -0.2) is 24.3 Å². The Hall–Kier alpha value is -0.0800. The van der Waals surface area contributed by atoms with Crippen LogP contribution in [0, 0.1) is 11.8 Å². The Labute approximate surface area is 107 Å². The molecule has 2 heteroatoms. The maximum atomic E-state index is 6.63. The smallest absolute Gasteiger partial charge is 0.0817 e. The molecule has 17 heavy (non-hydrogen) atoms. The van der Waals surface area contributed by atoms with Crippen LogP contribution in [0.1, 0.15) is 59.8 Å². The molecule has 2 rings (SSSR count). The van der Waals surface area contributed by atoms with Gasteiger partial charge in [0.05, 0.1) is 11.2 Å². The standard InChI is InChI=1S/C15H29NO/c1-5-13-7-6-8-15(9-13)11-16-10-14(4,17-15)12(2)3/h12-13,16H,5-11H2,1-4H3. The molecule has 2 fully saturated rings. The molecule has 0 aromatic carbocycles. The summed E-state index contributed by atoms with van der Waals surface area (Å²) in [6.45, 7) is 11.2. The van der Waals surface area contributed by atoms with Crippen LogP contribution in [0.4, 0.5) is 0 Å². The van der Waals surface area contributed by atoms with Crippen LogP contribution in [0.2, 0.25) is 0 Å². The molecule has 1 aliphatic heterocycles. The molecule has 0 bridgehead atoms. The molecule has 100 valence electrons. The second-order valence-corrected chi connectivity index (χ2v) is 6.73. The summed E-state index contributed by atoms with van der Waals surface area (Å²) in [6.07, 6.45) is 6.56. The van der Waals surface area contributed by atoms with Gasteiger partial charge in [-0.3, -0.25) is 0 Å². The molecule has 0 aromatic heterocycles. The van der Waals surface area contributed by atoms with Gasteiger partial charge >= 0.3 is 0 Å². The van der Waals surface area contributed by atoms with Crippen molar-refractivity contribution >= 4 is 0 Å². The molecule has 3 unspecified atom stereocenters. The van der Waals surface area contributed by atoms with Gasteiger partial charge < -0.3 is 10.1 Å². The van der Waals surface area contributed by atoms with Crippen LogP contribution in [0.15, 0.2) is 0 Å². The summed E-state index contributed by atoms with van der Waals surface area (Å²) in [6, 6.07) is 0. The lowest BCUT2D eigenvalue weighted by molar-refractivity contribution is -0.206. The van der Waals surface area contributed by atoms with Crippen LogP contribution in [-0.2, 0) is 4.74 Å². The maximum absolute atomic E-state index is 6.63. The number of hydrogen-bond donors (Lipinski definition) is 1. The minimum absolute atomic E-state index is 0.0217. The van der Waals surface area contributed by atoms with Gasteiger partial charge in [-0.1, -0.05) is 40.0 Å². The zero-order valence-corrected chi connectivity index (χ0v) is 12.0. The van der Waals surface area contributed by atoms with Crippen molar-refractivity contribution in [3.63, 3.8) is 0 Å². The average Bonchev–Trinajstić information content (AvgIpc) is 2.28. The van der Waals surface area contributed by atoms with Gasteiger partial charge in [0.1, 0.15) is 0 Å². The lowest BCUT2D eigenvalue weighted by atomic mass is 9.74. The Morgan fingerprint density at radius 3 is 2.76 bits per heavy atom. The highest BCUT2D eigenvalue weighted by Crippen LogP contribution is 2.42. The van der Waals surface area contributed by atoms with Gasteiger partial charge in [-0.15, -0.1) is 0 Å². The Morgan fingerprint density at radius 1 is 1.35 bits per heavy atom. The van der Waals surface area contributed by atoms with Gasteiger partial charge in [0.25, 0.3) is 0 Å². The fraction of sp³-hybridized carbons (Fsp3) is 1.00. The highest BCUT2D eigenvalue weighted by molar-refractivity contribution is 4.98. The van der Waals surface area contributed by atoms with Gasteiger partial charge in [-0.25, -0.2) is 0 Å². The van der Waals surface area contributed by atoms with Gasteiger partial charge in [0, 0.05) is 13.1 Å². The number of ether oxygens (including phenoxy) is 1. The van der Waals surface area contributed by atoms with Gasteiger partial charge in [0.2, 0.25) is 0 Å². The van der Waals surface area contributed by atoms with E-state index in [-0.39, 0.29) is 11.2 Å². The van der Waals surface area contributed by atoms with E-state index >= 15 is 0 Å². The van der Waals surface area contributed by atoms with Crippen molar-refractivity contribution in [1.29, 1.82) is 0 Å². The first kappa shape index (κ1) is 13.4. The molecule has 1 spiro atoms. The highest BCUT2D eigenvalue weighted by atomic mass is 16.5. The van der Waals surface area contributed by atoms with E-state index in [1.807, 2.05) is 0 Å². The largest absolute Gasteiger partial charge is 0.366 e. The summed E-state index contributed by atoms with van der Waals surface area (Å²) in [5.74, 6) is 1.45. The highest BCUT2D eigenvalue weighted by Gasteiger charge is 2.46. The first-order valence-corrected chi connectivity index (χ1v) is 7.40. The van der Waals surface area contributed by atoms with Crippen molar-refractivity contribution in [2.75, 3.05) is 13.1 Å². The van der Waals surface area contributed by atoms with E-state index in [0.29, 0.717) is 5.92 Å². The van der Waals surface area contributed by atoms with Crippen molar-refractivity contribution in [3.05, 3.63) is 0 Å². The van der Waals surface area contributed by atoms with Crippen LogP contribution in [0.5, 0.6) is 0 Å². The molecule has 3 atom stereocenters. The fourth-order valence-electron chi connectivity index (χ4n) is 3.47. The van der Waals surface area contributed by atoms with Crippen molar-refractivity contribution in [2.24, 2.45) is 11.8 Å².